The Morgan fingerprint density at radius 3 is 2.54 bits per heavy atom. The van der Waals surface area contributed by atoms with Gasteiger partial charge in [-0.2, -0.15) is 4.31 Å². The number of methoxy groups -OCH3 is 1. The number of sulfonamides is 1. The van der Waals surface area contributed by atoms with Crippen molar-refractivity contribution in [3.63, 3.8) is 0 Å². The third-order valence-corrected chi connectivity index (χ3v) is 6.16. The van der Waals surface area contributed by atoms with Crippen molar-refractivity contribution < 1.29 is 31.9 Å². The molecule has 2 heterocycles. The first kappa shape index (κ1) is 22.2. The molecule has 1 aromatic heterocycles. The van der Waals surface area contributed by atoms with E-state index in [2.05, 4.69) is 4.74 Å². The van der Waals surface area contributed by atoms with Gasteiger partial charge in [0.1, 0.15) is 11.2 Å². The minimum absolute atomic E-state index is 0.0769. The molecule has 1 aliphatic heterocycles. The molecule has 0 bridgehead atoms. The lowest BCUT2D eigenvalue weighted by Gasteiger charge is -2.40. The average molecular weight is 416 g/mol. The molecule has 28 heavy (non-hydrogen) atoms. The topological polar surface area (TPSA) is 106 Å². The Labute approximate surface area is 165 Å². The third kappa shape index (κ3) is 4.85. The zero-order valence-electron chi connectivity index (χ0n) is 16.9. The Kier molecular flexibility index (Phi) is 6.76. The van der Waals surface area contributed by atoms with Crippen LogP contribution in [0.15, 0.2) is 21.8 Å². The van der Waals surface area contributed by atoms with Crippen LogP contribution in [0.3, 0.4) is 0 Å². The van der Waals surface area contributed by atoms with Crippen LogP contribution in [0.1, 0.15) is 50.9 Å². The minimum atomic E-state index is -4.07. The van der Waals surface area contributed by atoms with Gasteiger partial charge in [-0.05, 0) is 33.3 Å². The molecule has 1 fully saturated rings. The second kappa shape index (κ2) is 8.52. The molecule has 0 radical (unpaired) electrons. The van der Waals surface area contributed by atoms with E-state index >= 15 is 0 Å². The largest absolute Gasteiger partial charge is 0.465 e. The number of rotatable bonds is 5. The van der Waals surface area contributed by atoms with Crippen LogP contribution in [-0.4, -0.2) is 68.1 Å². The van der Waals surface area contributed by atoms with Gasteiger partial charge in [0.25, 0.3) is 10.0 Å². The lowest BCUT2D eigenvalue weighted by molar-refractivity contribution is 0.0125. The summed E-state index contributed by atoms with van der Waals surface area (Å²) in [4.78, 5) is 25.8. The first-order valence-corrected chi connectivity index (χ1v) is 10.6. The zero-order valence-corrected chi connectivity index (χ0v) is 17.7. The molecule has 10 heteroatoms. The van der Waals surface area contributed by atoms with Gasteiger partial charge in [-0.15, -0.1) is 0 Å². The summed E-state index contributed by atoms with van der Waals surface area (Å²) in [5.74, 6) is -0.785. The highest BCUT2D eigenvalue weighted by Crippen LogP contribution is 2.28. The molecule has 0 N–H and O–H groups in total. The van der Waals surface area contributed by atoms with Crippen LogP contribution < -0.4 is 0 Å². The SMILES string of the molecule is CCCC1CN(C(=O)OC(C)(C)C)CCN1S(=O)(=O)c1occc1C(=O)OC. The van der Waals surface area contributed by atoms with E-state index in [1.54, 1.807) is 20.8 Å². The van der Waals surface area contributed by atoms with E-state index in [1.165, 1.54) is 22.4 Å². The highest BCUT2D eigenvalue weighted by molar-refractivity contribution is 7.89. The molecule has 1 saturated heterocycles. The Morgan fingerprint density at radius 2 is 1.96 bits per heavy atom. The van der Waals surface area contributed by atoms with Crippen molar-refractivity contribution >= 4 is 22.1 Å². The molecule has 0 aromatic carbocycles. The van der Waals surface area contributed by atoms with Gasteiger partial charge in [-0.1, -0.05) is 13.3 Å². The number of carbonyl (C=O) groups is 2. The van der Waals surface area contributed by atoms with Crippen LogP contribution >= 0.6 is 0 Å². The van der Waals surface area contributed by atoms with E-state index in [0.29, 0.717) is 6.42 Å². The Bertz CT molecular complexity index is 810. The summed E-state index contributed by atoms with van der Waals surface area (Å²) in [6, 6.07) is 0.816. The van der Waals surface area contributed by atoms with Crippen molar-refractivity contribution in [2.45, 2.75) is 57.3 Å². The molecule has 0 aliphatic carbocycles. The summed E-state index contributed by atoms with van der Waals surface area (Å²) >= 11 is 0. The summed E-state index contributed by atoms with van der Waals surface area (Å²) in [7, 11) is -2.90. The van der Waals surface area contributed by atoms with Gasteiger partial charge >= 0.3 is 12.1 Å². The molecule has 1 unspecified atom stereocenters. The smallest absolute Gasteiger partial charge is 0.410 e. The summed E-state index contributed by atoms with van der Waals surface area (Å²) in [5.41, 5.74) is -0.781. The Morgan fingerprint density at radius 1 is 1.29 bits per heavy atom. The zero-order chi connectivity index (χ0) is 21.1. The molecule has 1 aliphatic rings. The van der Waals surface area contributed by atoms with Crippen molar-refractivity contribution in [2.75, 3.05) is 26.7 Å². The van der Waals surface area contributed by atoms with Crippen molar-refractivity contribution in [1.29, 1.82) is 0 Å². The van der Waals surface area contributed by atoms with Crippen LogP contribution in [-0.2, 0) is 19.5 Å². The summed E-state index contributed by atoms with van der Waals surface area (Å²) in [6.07, 6.45) is 1.94. The minimum Gasteiger partial charge on any atom is -0.465 e. The average Bonchev–Trinajstić information content (AvgIpc) is 3.10. The number of hydrogen-bond donors (Lipinski definition) is 0. The fourth-order valence-electron chi connectivity index (χ4n) is 3.08. The monoisotopic (exact) mass is 416 g/mol. The van der Waals surface area contributed by atoms with Gasteiger partial charge in [-0.3, -0.25) is 0 Å². The van der Waals surface area contributed by atoms with Gasteiger partial charge < -0.3 is 18.8 Å². The van der Waals surface area contributed by atoms with E-state index in [1.807, 2.05) is 6.92 Å². The van der Waals surface area contributed by atoms with Crippen molar-refractivity contribution in [3.05, 3.63) is 17.9 Å². The number of hydrogen-bond acceptors (Lipinski definition) is 7. The van der Waals surface area contributed by atoms with E-state index in [-0.39, 0.29) is 25.2 Å². The van der Waals surface area contributed by atoms with E-state index in [4.69, 9.17) is 9.15 Å². The van der Waals surface area contributed by atoms with Crippen molar-refractivity contribution in [3.8, 4) is 0 Å². The number of piperazine rings is 1. The van der Waals surface area contributed by atoms with Crippen LogP contribution in [0.5, 0.6) is 0 Å². The number of nitrogens with zero attached hydrogens (tertiary/aromatic N) is 2. The first-order valence-electron chi connectivity index (χ1n) is 9.16. The maximum Gasteiger partial charge on any atom is 0.410 e. The second-order valence-corrected chi connectivity index (χ2v) is 9.39. The maximum atomic E-state index is 13.2. The fraction of sp³-hybridized carbons (Fsp3) is 0.667. The molecule has 1 aromatic rings. The first-order chi connectivity index (χ1) is 13.0. The van der Waals surface area contributed by atoms with Gasteiger partial charge in [-0.25, -0.2) is 18.0 Å². The van der Waals surface area contributed by atoms with Gasteiger partial charge in [0.05, 0.1) is 13.4 Å². The molecule has 2 rings (SSSR count). The van der Waals surface area contributed by atoms with Gasteiger partial charge in [0.15, 0.2) is 0 Å². The molecular weight excluding hydrogens is 388 g/mol. The molecule has 0 saturated carbocycles. The molecule has 1 atom stereocenters. The standard InChI is InChI=1S/C18H28N2O7S/c1-6-7-13-12-19(17(22)27-18(2,3)4)9-10-20(13)28(23,24)16-14(8-11-26-16)15(21)25-5/h8,11,13H,6-7,9-10,12H2,1-5H3. The lowest BCUT2D eigenvalue weighted by Crippen LogP contribution is -2.57. The van der Waals surface area contributed by atoms with E-state index < -0.39 is 38.8 Å². The predicted octanol–water partition coefficient (Wildman–Crippen LogP) is 2.48. The van der Waals surface area contributed by atoms with Crippen LogP contribution in [0.25, 0.3) is 0 Å². The maximum absolute atomic E-state index is 13.2. The van der Waals surface area contributed by atoms with Crippen LogP contribution in [0.2, 0.25) is 0 Å². The molecular formula is C18H28N2O7S. The Hall–Kier alpha value is -2.07. The molecule has 0 spiro atoms. The molecule has 9 nitrogen and oxygen atoms in total. The van der Waals surface area contributed by atoms with E-state index in [9.17, 15) is 18.0 Å². The van der Waals surface area contributed by atoms with Gasteiger partial charge in [0.2, 0.25) is 5.09 Å². The van der Waals surface area contributed by atoms with Crippen molar-refractivity contribution in [1.82, 2.24) is 9.21 Å². The normalized spacial score (nSPS) is 18.8. The number of esters is 1. The highest BCUT2D eigenvalue weighted by atomic mass is 32.2. The summed E-state index contributed by atoms with van der Waals surface area (Å²) < 4.78 is 42.8. The van der Waals surface area contributed by atoms with Gasteiger partial charge in [0, 0.05) is 25.7 Å². The number of furan rings is 1. The van der Waals surface area contributed by atoms with Crippen molar-refractivity contribution in [2.24, 2.45) is 0 Å². The summed E-state index contributed by atoms with van der Waals surface area (Å²) in [5, 5.41) is -0.439. The number of ether oxygens (including phenoxy) is 2. The summed E-state index contributed by atoms with van der Waals surface area (Å²) in [6.45, 7) is 7.73. The second-order valence-electron chi connectivity index (χ2n) is 7.60. The predicted molar refractivity (Wildman–Crippen MR) is 100 cm³/mol. The molecule has 158 valence electrons. The third-order valence-electron chi connectivity index (χ3n) is 4.28. The lowest BCUT2D eigenvalue weighted by atomic mass is 10.1. The quantitative estimate of drug-likeness (QED) is 0.679. The Balaban J connectivity index is 2.27. The highest BCUT2D eigenvalue weighted by Gasteiger charge is 2.41. The van der Waals surface area contributed by atoms with Crippen LogP contribution in [0.4, 0.5) is 4.79 Å². The number of amides is 1. The fourth-order valence-corrected chi connectivity index (χ4v) is 4.78. The molecule has 1 amide bonds. The number of carbonyl (C=O) groups excluding carboxylic acids is 2. The van der Waals surface area contributed by atoms with Crippen LogP contribution in [0, 0.1) is 0 Å². The van der Waals surface area contributed by atoms with E-state index in [0.717, 1.165) is 12.7 Å².